The number of H-pyrrole nitrogens is 2. The van der Waals surface area contributed by atoms with E-state index in [1.165, 1.54) is 4.90 Å². The maximum absolute atomic E-state index is 15.0. The molecule has 6 amide bonds. The Morgan fingerprint density at radius 1 is 0.646 bits per heavy atom. The number of aromatic amines is 2. The normalized spacial score (nSPS) is 25.6. The van der Waals surface area contributed by atoms with Crippen molar-refractivity contribution >= 4 is 73.2 Å². The van der Waals surface area contributed by atoms with Gasteiger partial charge in [-0.05, 0) is 98.4 Å². The first-order chi connectivity index (χ1) is 31.5. The van der Waals surface area contributed by atoms with Crippen molar-refractivity contribution in [2.45, 2.75) is 106 Å². The van der Waals surface area contributed by atoms with Crippen molar-refractivity contribution in [2.24, 2.45) is 11.7 Å². The van der Waals surface area contributed by atoms with Crippen LogP contribution < -0.4 is 27.0 Å². The molecule has 8 N–H and O–H groups in total. The van der Waals surface area contributed by atoms with Crippen LogP contribution in [0.2, 0.25) is 0 Å². The van der Waals surface area contributed by atoms with E-state index in [1.807, 2.05) is 79.0 Å². The molecule has 3 aromatic carbocycles. The highest BCUT2D eigenvalue weighted by Gasteiger charge is 2.49. The predicted molar refractivity (Wildman–Crippen MR) is 249 cm³/mol. The summed E-state index contributed by atoms with van der Waals surface area (Å²) < 4.78 is 0.938. The predicted octanol–water partition coefficient (Wildman–Crippen LogP) is 3.89. The molecule has 2 aromatic heterocycles. The standard InChI is InChI=1S/C49H56BrN9O6/c50-33-15-13-29(14-16-33)22-30-23-42-45(62)55-40(25-32-27-53-37-11-4-2-9-35(32)37)44(61)57-49(18-5-6-19-49)48(65)56-39(24-31-26-52-36-10-3-1-8-34(31)36)43(60)54-38(17-20-51)46(63)58-21-7-12-41(58)47(64)59(42)28-30/h1-4,8-11,13-16,26-27,30,38-42,52-53H,5-7,12,17-25,28,51H2,(H,54,60)(H,55,62)(H,56,65)(H,57,61)/t30-,38-,39-,40-,41+,42+/m0/s1. The number of nitrogens with zero attached hydrogens (tertiary/aromatic N) is 2. The number of para-hydroxylation sites is 2. The molecule has 9 rings (SSSR count). The molecule has 5 heterocycles. The SMILES string of the molecule is NCC[C@@H]1NC(=O)[C@H](Cc2c[nH]c3ccccc23)NC(=O)C2(CCCC2)NC(=O)[C@H](Cc2c[nH]c3ccccc23)NC(=O)[C@H]2C[C@H](Cc3ccc(Br)cc3)CN2C(=O)[C@H]2CCCN2C1=O. The lowest BCUT2D eigenvalue weighted by atomic mass is 9.93. The van der Waals surface area contributed by atoms with Gasteiger partial charge in [0.2, 0.25) is 35.4 Å². The van der Waals surface area contributed by atoms with Gasteiger partial charge in [0.25, 0.3) is 0 Å². The lowest BCUT2D eigenvalue weighted by Crippen LogP contribution is -2.65. The molecule has 0 unspecified atom stereocenters. The first-order valence-corrected chi connectivity index (χ1v) is 23.7. The Hall–Kier alpha value is -6.00. The third-order valence-electron chi connectivity index (χ3n) is 14.0. The summed E-state index contributed by atoms with van der Waals surface area (Å²) in [6.07, 6.45) is 7.70. The Morgan fingerprint density at radius 2 is 1.26 bits per heavy atom. The largest absolute Gasteiger partial charge is 0.361 e. The number of benzene rings is 3. The molecule has 1 aliphatic carbocycles. The Kier molecular flexibility index (Phi) is 12.8. The van der Waals surface area contributed by atoms with Crippen molar-refractivity contribution in [1.29, 1.82) is 0 Å². The molecular weight excluding hydrogens is 890 g/mol. The number of hydrogen-bond donors (Lipinski definition) is 7. The molecule has 4 fully saturated rings. The van der Waals surface area contributed by atoms with Crippen molar-refractivity contribution in [3.8, 4) is 0 Å². The van der Waals surface area contributed by atoms with Crippen molar-refractivity contribution < 1.29 is 28.8 Å². The fourth-order valence-corrected chi connectivity index (χ4v) is 10.9. The highest BCUT2D eigenvalue weighted by molar-refractivity contribution is 9.10. The van der Waals surface area contributed by atoms with Gasteiger partial charge < -0.3 is 46.8 Å². The zero-order valence-corrected chi connectivity index (χ0v) is 37.8. The summed E-state index contributed by atoms with van der Waals surface area (Å²) in [6, 6.07) is 18.1. The van der Waals surface area contributed by atoms with Crippen LogP contribution in [0.15, 0.2) is 89.7 Å². The number of rotatable bonds is 8. The quantitative estimate of drug-likeness (QED) is 0.122. The minimum Gasteiger partial charge on any atom is -0.361 e. The average molecular weight is 947 g/mol. The molecule has 340 valence electrons. The highest BCUT2D eigenvalue weighted by Crippen LogP contribution is 2.33. The van der Waals surface area contributed by atoms with Crippen molar-refractivity contribution in [3.05, 3.63) is 106 Å². The summed E-state index contributed by atoms with van der Waals surface area (Å²) in [5, 5.41) is 13.9. The average Bonchev–Trinajstić information content (AvgIpc) is 4.17. The van der Waals surface area contributed by atoms with Crippen LogP contribution >= 0.6 is 15.9 Å². The van der Waals surface area contributed by atoms with Gasteiger partial charge in [-0.15, -0.1) is 0 Å². The number of nitrogens with one attached hydrogen (secondary N) is 6. The molecule has 16 heteroatoms. The van der Waals surface area contributed by atoms with Gasteiger partial charge >= 0.3 is 0 Å². The van der Waals surface area contributed by atoms with E-state index in [0.717, 1.165) is 43.0 Å². The van der Waals surface area contributed by atoms with Crippen LogP contribution in [-0.2, 0) is 48.0 Å². The molecule has 6 atom stereocenters. The number of fused-ring (bicyclic) bond motifs is 4. The molecule has 15 nitrogen and oxygen atoms in total. The van der Waals surface area contributed by atoms with E-state index < -0.39 is 65.3 Å². The molecule has 3 aliphatic heterocycles. The zero-order chi connectivity index (χ0) is 45.2. The van der Waals surface area contributed by atoms with E-state index in [0.29, 0.717) is 51.4 Å². The molecule has 4 aliphatic rings. The molecule has 1 spiro atoms. The summed E-state index contributed by atoms with van der Waals surface area (Å²) in [6.45, 7) is 0.625. The van der Waals surface area contributed by atoms with Crippen LogP contribution in [0.25, 0.3) is 21.8 Å². The molecular formula is C49H56BrN9O6. The van der Waals surface area contributed by atoms with Crippen molar-refractivity contribution in [1.82, 2.24) is 41.0 Å². The van der Waals surface area contributed by atoms with Crippen LogP contribution in [0.3, 0.4) is 0 Å². The molecule has 5 aromatic rings. The Balaban J connectivity index is 1.10. The maximum Gasteiger partial charge on any atom is 0.246 e. The minimum atomic E-state index is -1.40. The maximum atomic E-state index is 15.0. The Labute approximate surface area is 385 Å². The Bertz CT molecular complexity index is 2600. The number of carbonyl (C=O) groups is 6. The van der Waals surface area contributed by atoms with E-state index in [-0.39, 0.29) is 50.7 Å². The second-order valence-corrected chi connectivity index (χ2v) is 19.2. The minimum absolute atomic E-state index is 0.0730. The first-order valence-electron chi connectivity index (χ1n) is 22.9. The van der Waals surface area contributed by atoms with E-state index in [2.05, 4.69) is 47.2 Å². The smallest absolute Gasteiger partial charge is 0.246 e. The van der Waals surface area contributed by atoms with E-state index in [4.69, 9.17) is 5.73 Å². The fraction of sp³-hybridized carbons (Fsp3) is 0.429. The third kappa shape index (κ3) is 9.15. The second-order valence-electron chi connectivity index (χ2n) is 18.3. The van der Waals surface area contributed by atoms with Gasteiger partial charge in [0, 0.05) is 64.6 Å². The van der Waals surface area contributed by atoms with Crippen LogP contribution in [0, 0.1) is 5.92 Å². The van der Waals surface area contributed by atoms with Crippen LogP contribution in [0.1, 0.15) is 68.1 Å². The van der Waals surface area contributed by atoms with Gasteiger partial charge in [0.15, 0.2) is 0 Å². The fourth-order valence-electron chi connectivity index (χ4n) is 10.6. The van der Waals surface area contributed by atoms with Crippen molar-refractivity contribution in [3.63, 3.8) is 0 Å². The van der Waals surface area contributed by atoms with E-state index in [1.54, 1.807) is 11.1 Å². The number of halogens is 1. The van der Waals surface area contributed by atoms with Crippen LogP contribution in [-0.4, -0.2) is 111 Å². The number of nitrogens with two attached hydrogens (primary N) is 1. The van der Waals surface area contributed by atoms with E-state index in [9.17, 15) is 28.8 Å². The second kappa shape index (κ2) is 18.8. The molecule has 1 saturated carbocycles. The molecule has 0 bridgehead atoms. The number of aromatic nitrogens is 2. The van der Waals surface area contributed by atoms with Crippen LogP contribution in [0.4, 0.5) is 0 Å². The number of carbonyl (C=O) groups excluding carboxylic acids is 6. The van der Waals surface area contributed by atoms with Gasteiger partial charge in [-0.25, -0.2) is 0 Å². The topological polar surface area (TPSA) is 215 Å². The highest BCUT2D eigenvalue weighted by atomic mass is 79.9. The monoisotopic (exact) mass is 945 g/mol. The third-order valence-corrected chi connectivity index (χ3v) is 14.5. The Morgan fingerprint density at radius 3 is 1.91 bits per heavy atom. The lowest BCUT2D eigenvalue weighted by molar-refractivity contribution is -0.148. The van der Waals surface area contributed by atoms with Gasteiger partial charge in [-0.1, -0.05) is 77.3 Å². The summed E-state index contributed by atoms with van der Waals surface area (Å²) >= 11 is 3.51. The van der Waals surface area contributed by atoms with Crippen molar-refractivity contribution in [2.75, 3.05) is 19.6 Å². The summed E-state index contributed by atoms with van der Waals surface area (Å²) in [4.78, 5) is 98.5. The number of hydrogen-bond acceptors (Lipinski definition) is 7. The lowest BCUT2D eigenvalue weighted by Gasteiger charge is -2.35. The van der Waals surface area contributed by atoms with Gasteiger partial charge in [-0.3, -0.25) is 28.8 Å². The molecule has 65 heavy (non-hydrogen) atoms. The zero-order valence-electron chi connectivity index (χ0n) is 36.2. The summed E-state index contributed by atoms with van der Waals surface area (Å²) in [7, 11) is 0. The summed E-state index contributed by atoms with van der Waals surface area (Å²) in [5.41, 5.74) is 9.03. The summed E-state index contributed by atoms with van der Waals surface area (Å²) in [5.74, 6) is -3.02. The van der Waals surface area contributed by atoms with Gasteiger partial charge in [-0.2, -0.15) is 0 Å². The van der Waals surface area contributed by atoms with Gasteiger partial charge in [0.05, 0.1) is 0 Å². The van der Waals surface area contributed by atoms with E-state index >= 15 is 0 Å². The van der Waals surface area contributed by atoms with Gasteiger partial charge in [0.1, 0.15) is 35.7 Å². The first kappa shape index (κ1) is 44.2. The molecule has 3 saturated heterocycles. The van der Waals surface area contributed by atoms with Crippen LogP contribution in [0.5, 0.6) is 0 Å². The molecule has 0 radical (unpaired) electrons. The number of amides is 6.